The Morgan fingerprint density at radius 3 is 2.19 bits per heavy atom. The van der Waals surface area contributed by atoms with Crippen LogP contribution in [0.2, 0.25) is 0 Å². The fourth-order valence-corrected chi connectivity index (χ4v) is 5.19. The highest BCUT2D eigenvalue weighted by Crippen LogP contribution is 2.21. The molecule has 0 aliphatic carbocycles. The maximum atomic E-state index is 13.0. The second kappa shape index (κ2) is 8.94. The van der Waals surface area contributed by atoms with Crippen LogP contribution < -0.4 is 4.90 Å². The van der Waals surface area contributed by atoms with Gasteiger partial charge in [-0.25, -0.2) is 8.42 Å². The van der Waals surface area contributed by atoms with Crippen molar-refractivity contribution < 1.29 is 13.2 Å². The Morgan fingerprint density at radius 1 is 0.839 bits per heavy atom. The van der Waals surface area contributed by atoms with Crippen molar-refractivity contribution >= 4 is 21.4 Å². The van der Waals surface area contributed by atoms with Gasteiger partial charge in [0.05, 0.1) is 10.6 Å². The van der Waals surface area contributed by atoms with E-state index in [0.29, 0.717) is 18.7 Å². The minimum absolute atomic E-state index is 0.0827. The molecule has 0 unspecified atom stereocenters. The van der Waals surface area contributed by atoms with E-state index in [4.69, 9.17) is 0 Å². The summed E-state index contributed by atoms with van der Waals surface area (Å²) in [5, 5.41) is 0. The quantitative estimate of drug-likeness (QED) is 0.611. The first-order chi connectivity index (χ1) is 14.9. The Hall–Kier alpha value is -3.12. The molecule has 160 valence electrons. The van der Waals surface area contributed by atoms with E-state index >= 15 is 0 Å². The van der Waals surface area contributed by atoms with E-state index in [-0.39, 0.29) is 16.6 Å². The molecule has 0 atom stereocenters. The highest BCUT2D eigenvalue weighted by Gasteiger charge is 2.24. The highest BCUT2D eigenvalue weighted by atomic mass is 32.2. The zero-order valence-electron chi connectivity index (χ0n) is 17.6. The van der Waals surface area contributed by atoms with Crippen LogP contribution in [0.15, 0.2) is 83.8 Å². The van der Waals surface area contributed by atoms with E-state index in [2.05, 4.69) is 17.0 Å². The van der Waals surface area contributed by atoms with Gasteiger partial charge in [0.15, 0.2) is 9.84 Å². The molecule has 0 saturated carbocycles. The summed E-state index contributed by atoms with van der Waals surface area (Å²) in [6.07, 6.45) is 0. The van der Waals surface area contributed by atoms with Gasteiger partial charge in [-0.1, -0.05) is 54.1 Å². The number of rotatable bonds is 5. The number of sulfone groups is 1. The first kappa shape index (κ1) is 21.1. The van der Waals surface area contributed by atoms with E-state index < -0.39 is 9.84 Å². The summed E-state index contributed by atoms with van der Waals surface area (Å²) in [4.78, 5) is 17.3. The van der Waals surface area contributed by atoms with Crippen molar-refractivity contribution in [3.05, 3.63) is 95.6 Å². The van der Waals surface area contributed by atoms with Gasteiger partial charge in [-0.3, -0.25) is 4.79 Å². The van der Waals surface area contributed by atoms with Crippen LogP contribution in [-0.2, 0) is 15.6 Å². The minimum Gasteiger partial charge on any atom is -0.368 e. The average molecular weight is 435 g/mol. The first-order valence-corrected chi connectivity index (χ1v) is 12.1. The Balaban J connectivity index is 1.45. The summed E-state index contributed by atoms with van der Waals surface area (Å²) < 4.78 is 25.8. The van der Waals surface area contributed by atoms with E-state index in [9.17, 15) is 13.2 Å². The molecular weight excluding hydrogens is 408 g/mol. The summed E-state index contributed by atoms with van der Waals surface area (Å²) in [5.41, 5.74) is 3.39. The molecule has 3 aromatic carbocycles. The predicted molar refractivity (Wildman–Crippen MR) is 123 cm³/mol. The van der Waals surface area contributed by atoms with Gasteiger partial charge in [-0.05, 0) is 42.8 Å². The number of piperazine rings is 1. The maximum absolute atomic E-state index is 13.0. The number of amides is 1. The first-order valence-electron chi connectivity index (χ1n) is 10.4. The fraction of sp³-hybridized carbons (Fsp3) is 0.240. The molecule has 1 amide bonds. The van der Waals surface area contributed by atoms with Gasteiger partial charge in [-0.15, -0.1) is 0 Å². The Bertz CT molecular complexity index is 1150. The Morgan fingerprint density at radius 2 is 1.52 bits per heavy atom. The van der Waals surface area contributed by atoms with Crippen molar-refractivity contribution in [1.82, 2.24) is 4.90 Å². The van der Waals surface area contributed by atoms with Gasteiger partial charge in [0, 0.05) is 37.4 Å². The number of hydrogen-bond acceptors (Lipinski definition) is 4. The zero-order chi connectivity index (χ0) is 21.8. The Labute approximate surface area is 183 Å². The molecule has 0 spiro atoms. The normalized spacial score (nSPS) is 14.5. The largest absolute Gasteiger partial charge is 0.368 e. The number of anilines is 1. The van der Waals surface area contributed by atoms with Crippen LogP contribution in [0.25, 0.3) is 0 Å². The third kappa shape index (κ3) is 4.97. The highest BCUT2D eigenvalue weighted by molar-refractivity contribution is 7.90. The summed E-state index contributed by atoms with van der Waals surface area (Å²) in [6, 6.07) is 24.0. The molecule has 0 N–H and O–H groups in total. The van der Waals surface area contributed by atoms with Crippen LogP contribution in [0, 0.1) is 6.92 Å². The SMILES string of the molecule is Cc1ccc(CS(=O)(=O)c2cccc(C(=O)N3CCN(c4ccccc4)CC3)c2)cc1. The van der Waals surface area contributed by atoms with Crippen LogP contribution >= 0.6 is 0 Å². The second-order valence-corrected chi connectivity index (χ2v) is 9.88. The molecule has 6 heteroatoms. The van der Waals surface area contributed by atoms with Gasteiger partial charge in [0.2, 0.25) is 0 Å². The second-order valence-electron chi connectivity index (χ2n) is 7.89. The van der Waals surface area contributed by atoms with E-state index in [1.54, 1.807) is 23.1 Å². The zero-order valence-corrected chi connectivity index (χ0v) is 18.4. The van der Waals surface area contributed by atoms with Crippen LogP contribution in [0.1, 0.15) is 21.5 Å². The van der Waals surface area contributed by atoms with Crippen molar-refractivity contribution in [3.8, 4) is 0 Å². The molecule has 1 heterocycles. The van der Waals surface area contributed by atoms with Crippen molar-refractivity contribution in [2.75, 3.05) is 31.1 Å². The van der Waals surface area contributed by atoms with Crippen molar-refractivity contribution in [1.29, 1.82) is 0 Å². The third-order valence-electron chi connectivity index (χ3n) is 5.61. The number of aryl methyl sites for hydroxylation is 1. The van der Waals surface area contributed by atoms with Gasteiger partial charge in [0.25, 0.3) is 5.91 Å². The standard InChI is InChI=1S/C25H26N2O3S/c1-20-10-12-21(13-11-20)19-31(29,30)24-9-5-6-22(18-24)25(28)27-16-14-26(15-17-27)23-7-3-2-4-8-23/h2-13,18H,14-17,19H2,1H3. The van der Waals surface area contributed by atoms with Crippen LogP contribution in [-0.4, -0.2) is 45.4 Å². The lowest BCUT2D eigenvalue weighted by Crippen LogP contribution is -2.48. The third-order valence-corrected chi connectivity index (χ3v) is 7.29. The molecule has 0 bridgehead atoms. The smallest absolute Gasteiger partial charge is 0.254 e. The fourth-order valence-electron chi connectivity index (χ4n) is 3.80. The molecule has 0 radical (unpaired) electrons. The molecule has 3 aromatic rings. The van der Waals surface area contributed by atoms with Crippen LogP contribution in [0.4, 0.5) is 5.69 Å². The summed E-state index contributed by atoms with van der Waals surface area (Å²) in [5.74, 6) is -0.208. The van der Waals surface area contributed by atoms with Crippen LogP contribution in [0.3, 0.4) is 0 Å². The molecule has 31 heavy (non-hydrogen) atoms. The predicted octanol–water partition coefficient (Wildman–Crippen LogP) is 3.93. The number of hydrogen-bond donors (Lipinski definition) is 0. The molecule has 0 aromatic heterocycles. The molecule has 1 aliphatic heterocycles. The molecule has 1 aliphatic rings. The maximum Gasteiger partial charge on any atom is 0.254 e. The number of carbonyl (C=O) groups is 1. The van der Waals surface area contributed by atoms with Gasteiger partial charge < -0.3 is 9.80 Å². The summed E-state index contributed by atoms with van der Waals surface area (Å²) >= 11 is 0. The molecule has 4 rings (SSSR count). The lowest BCUT2D eigenvalue weighted by Gasteiger charge is -2.36. The average Bonchev–Trinajstić information content (AvgIpc) is 2.81. The van der Waals surface area contributed by atoms with Gasteiger partial charge >= 0.3 is 0 Å². The monoisotopic (exact) mass is 434 g/mol. The van der Waals surface area contributed by atoms with E-state index in [0.717, 1.165) is 29.9 Å². The lowest BCUT2D eigenvalue weighted by atomic mass is 10.1. The number of benzene rings is 3. The summed E-state index contributed by atoms with van der Waals surface area (Å²) in [6.45, 7) is 4.68. The molecular formula is C25H26N2O3S. The number of nitrogens with zero attached hydrogens (tertiary/aromatic N) is 2. The van der Waals surface area contributed by atoms with Gasteiger partial charge in [-0.2, -0.15) is 0 Å². The number of carbonyl (C=O) groups excluding carboxylic acids is 1. The topological polar surface area (TPSA) is 57.7 Å². The Kier molecular flexibility index (Phi) is 6.09. The van der Waals surface area contributed by atoms with E-state index in [1.807, 2.05) is 49.4 Å². The van der Waals surface area contributed by atoms with Crippen molar-refractivity contribution in [2.24, 2.45) is 0 Å². The number of para-hydroxylation sites is 1. The van der Waals surface area contributed by atoms with Crippen molar-refractivity contribution in [3.63, 3.8) is 0 Å². The minimum atomic E-state index is -3.54. The molecule has 1 fully saturated rings. The van der Waals surface area contributed by atoms with Gasteiger partial charge in [0.1, 0.15) is 0 Å². The summed E-state index contributed by atoms with van der Waals surface area (Å²) in [7, 11) is -3.54. The molecule has 5 nitrogen and oxygen atoms in total. The van der Waals surface area contributed by atoms with E-state index in [1.165, 1.54) is 6.07 Å². The molecule has 1 saturated heterocycles. The lowest BCUT2D eigenvalue weighted by molar-refractivity contribution is 0.0746. The van der Waals surface area contributed by atoms with Crippen molar-refractivity contribution in [2.45, 2.75) is 17.6 Å². The van der Waals surface area contributed by atoms with Crippen LogP contribution in [0.5, 0.6) is 0 Å².